The lowest BCUT2D eigenvalue weighted by Crippen LogP contribution is -2.26. The highest BCUT2D eigenvalue weighted by Gasteiger charge is 2.28. The minimum absolute atomic E-state index is 0.0686. The molecule has 8 nitrogen and oxygen atoms in total. The summed E-state index contributed by atoms with van der Waals surface area (Å²) in [6, 6.07) is 7.65. The molecule has 1 unspecified atom stereocenters. The maximum atomic E-state index is 13.2. The second-order valence-electron chi connectivity index (χ2n) is 8.12. The third kappa shape index (κ3) is 4.71. The second kappa shape index (κ2) is 9.03. The summed E-state index contributed by atoms with van der Waals surface area (Å²) in [6.45, 7) is 2.89. The number of carbonyl (C=O) groups is 1. The first-order valence-electron chi connectivity index (χ1n) is 10.3. The van der Waals surface area contributed by atoms with E-state index in [-0.39, 0.29) is 23.3 Å². The van der Waals surface area contributed by atoms with E-state index in [9.17, 15) is 13.2 Å². The highest BCUT2D eigenvalue weighted by molar-refractivity contribution is 7.91. The predicted molar refractivity (Wildman–Crippen MR) is 126 cm³/mol. The van der Waals surface area contributed by atoms with Crippen LogP contribution in [0, 0.1) is 12.8 Å². The molecule has 1 N–H and O–H groups in total. The summed E-state index contributed by atoms with van der Waals surface area (Å²) in [7, 11) is 0.466. The first-order chi connectivity index (χ1) is 15.3. The summed E-state index contributed by atoms with van der Waals surface area (Å²) in [4.78, 5) is 25.0. The molecular formula is C22H26N4O4S2. The minimum Gasteiger partial charge on any atom is -0.497 e. The van der Waals surface area contributed by atoms with Crippen LogP contribution in [0.15, 0.2) is 30.6 Å². The maximum absolute atomic E-state index is 13.2. The number of carbonyl (C=O) groups excluding carboxylic acids is 1. The van der Waals surface area contributed by atoms with E-state index in [1.54, 1.807) is 19.1 Å². The van der Waals surface area contributed by atoms with Crippen molar-refractivity contribution >= 4 is 43.1 Å². The molecule has 170 valence electrons. The average Bonchev–Trinajstić information content (AvgIpc) is 3.30. The van der Waals surface area contributed by atoms with Crippen molar-refractivity contribution in [3.05, 3.63) is 46.6 Å². The predicted octanol–water partition coefficient (Wildman–Crippen LogP) is 3.13. The molecule has 0 spiro atoms. The van der Waals surface area contributed by atoms with E-state index in [0.717, 1.165) is 27.1 Å². The smallest absolute Gasteiger partial charge is 0.264 e. The number of thiophene rings is 1. The van der Waals surface area contributed by atoms with Gasteiger partial charge in [-0.3, -0.25) is 4.79 Å². The van der Waals surface area contributed by atoms with Gasteiger partial charge in [-0.1, -0.05) is 12.1 Å². The van der Waals surface area contributed by atoms with Crippen LogP contribution in [-0.2, 0) is 16.4 Å². The average molecular weight is 475 g/mol. The highest BCUT2D eigenvalue weighted by Crippen LogP contribution is 2.34. The number of fused-ring (bicyclic) bond motifs is 1. The Bertz CT molecular complexity index is 1260. The molecule has 10 heteroatoms. The van der Waals surface area contributed by atoms with Gasteiger partial charge in [0.1, 0.15) is 22.7 Å². The fraction of sp³-hybridized carbons (Fsp3) is 0.409. The Morgan fingerprint density at radius 2 is 2.16 bits per heavy atom. The zero-order chi connectivity index (χ0) is 22.9. The van der Waals surface area contributed by atoms with E-state index >= 15 is 0 Å². The highest BCUT2D eigenvalue weighted by atomic mass is 32.2. The van der Waals surface area contributed by atoms with Crippen LogP contribution in [0.25, 0.3) is 10.2 Å². The molecule has 0 aliphatic carbocycles. The summed E-state index contributed by atoms with van der Waals surface area (Å²) in [6.07, 6.45) is 2.13. The number of nitrogens with one attached hydrogen (secondary N) is 1. The van der Waals surface area contributed by atoms with Crippen LogP contribution in [0.5, 0.6) is 5.75 Å². The third-order valence-corrected chi connectivity index (χ3v) is 8.73. The Labute approximate surface area is 191 Å². The van der Waals surface area contributed by atoms with Crippen molar-refractivity contribution in [3.63, 3.8) is 0 Å². The van der Waals surface area contributed by atoms with Gasteiger partial charge < -0.3 is 15.0 Å². The number of benzene rings is 1. The van der Waals surface area contributed by atoms with Gasteiger partial charge in [-0.15, -0.1) is 11.3 Å². The number of rotatable bonds is 7. The van der Waals surface area contributed by atoms with E-state index in [1.165, 1.54) is 17.7 Å². The Hall–Kier alpha value is -2.72. The van der Waals surface area contributed by atoms with Gasteiger partial charge in [-0.05, 0) is 42.5 Å². The van der Waals surface area contributed by atoms with E-state index in [0.29, 0.717) is 30.2 Å². The zero-order valence-electron chi connectivity index (χ0n) is 18.3. The molecule has 1 amide bonds. The van der Waals surface area contributed by atoms with Gasteiger partial charge >= 0.3 is 0 Å². The molecule has 32 heavy (non-hydrogen) atoms. The minimum atomic E-state index is -2.93. The van der Waals surface area contributed by atoms with Crippen molar-refractivity contribution in [2.75, 3.05) is 37.5 Å². The molecule has 1 atom stereocenters. The molecule has 1 saturated heterocycles. The van der Waals surface area contributed by atoms with Crippen LogP contribution >= 0.6 is 11.3 Å². The normalized spacial score (nSPS) is 17.4. The number of aryl methyl sites for hydroxylation is 1. The summed E-state index contributed by atoms with van der Waals surface area (Å²) < 4.78 is 28.7. The standard InChI is InChI=1S/C22H26N4O4S2/c1-14-18-20(23-10-16-7-8-32(28,29)12-16)24-13-25-21(18)31-19(14)22(27)26(2)11-15-5-4-6-17(9-15)30-3/h4-6,9,13,16H,7-8,10-12H2,1-3H3,(H,23,24,25). The molecule has 3 aromatic rings. The number of ether oxygens (including phenoxy) is 1. The number of amides is 1. The number of aromatic nitrogens is 2. The van der Waals surface area contributed by atoms with Crippen LogP contribution in [0.1, 0.15) is 27.2 Å². The van der Waals surface area contributed by atoms with E-state index < -0.39 is 9.84 Å². The van der Waals surface area contributed by atoms with Gasteiger partial charge in [0.2, 0.25) is 0 Å². The van der Waals surface area contributed by atoms with Gasteiger partial charge in [-0.25, -0.2) is 18.4 Å². The monoisotopic (exact) mass is 474 g/mol. The molecule has 1 aliphatic heterocycles. The fourth-order valence-electron chi connectivity index (χ4n) is 3.97. The van der Waals surface area contributed by atoms with Gasteiger partial charge in [0, 0.05) is 20.1 Å². The summed E-state index contributed by atoms with van der Waals surface area (Å²) in [5.74, 6) is 1.83. The Morgan fingerprint density at radius 1 is 1.34 bits per heavy atom. The van der Waals surface area contributed by atoms with Crippen LogP contribution in [0.3, 0.4) is 0 Å². The topological polar surface area (TPSA) is 101 Å². The molecule has 1 aromatic carbocycles. The molecular weight excluding hydrogens is 448 g/mol. The number of anilines is 1. The lowest BCUT2D eigenvalue weighted by Gasteiger charge is -2.17. The van der Waals surface area contributed by atoms with Gasteiger partial charge in [0.15, 0.2) is 9.84 Å². The van der Waals surface area contributed by atoms with Crippen molar-refractivity contribution in [2.24, 2.45) is 5.92 Å². The molecule has 3 heterocycles. The molecule has 2 aromatic heterocycles. The first-order valence-corrected chi connectivity index (χ1v) is 13.0. The number of nitrogens with zero attached hydrogens (tertiary/aromatic N) is 3. The van der Waals surface area contributed by atoms with Crippen molar-refractivity contribution < 1.29 is 17.9 Å². The quantitative estimate of drug-likeness (QED) is 0.561. The van der Waals surface area contributed by atoms with Crippen molar-refractivity contribution in [1.29, 1.82) is 0 Å². The molecule has 4 rings (SSSR count). The Morgan fingerprint density at radius 3 is 2.88 bits per heavy atom. The van der Waals surface area contributed by atoms with Crippen molar-refractivity contribution in [3.8, 4) is 5.75 Å². The Balaban J connectivity index is 1.53. The van der Waals surface area contributed by atoms with Gasteiger partial charge in [0.25, 0.3) is 5.91 Å². The second-order valence-corrected chi connectivity index (χ2v) is 11.3. The Kier molecular flexibility index (Phi) is 6.34. The van der Waals surface area contributed by atoms with E-state index in [2.05, 4.69) is 15.3 Å². The number of hydrogen-bond acceptors (Lipinski definition) is 8. The van der Waals surface area contributed by atoms with E-state index in [1.807, 2.05) is 31.2 Å². The SMILES string of the molecule is COc1cccc(CN(C)C(=O)c2sc3ncnc(NCC4CCS(=O)(=O)C4)c3c2C)c1. The summed E-state index contributed by atoms with van der Waals surface area (Å²) >= 11 is 1.35. The molecule has 1 fully saturated rings. The number of methoxy groups -OCH3 is 1. The molecule has 0 bridgehead atoms. The lowest BCUT2D eigenvalue weighted by atomic mass is 10.1. The number of hydrogen-bond donors (Lipinski definition) is 1. The van der Waals surface area contributed by atoms with Crippen LogP contribution in [0.2, 0.25) is 0 Å². The first kappa shape index (κ1) is 22.5. The third-order valence-electron chi connectivity index (χ3n) is 5.71. The zero-order valence-corrected chi connectivity index (χ0v) is 19.9. The maximum Gasteiger partial charge on any atom is 0.264 e. The fourth-order valence-corrected chi connectivity index (χ4v) is 6.98. The summed E-state index contributed by atoms with van der Waals surface area (Å²) in [5.41, 5.74) is 1.81. The van der Waals surface area contributed by atoms with Crippen molar-refractivity contribution in [2.45, 2.75) is 19.9 Å². The van der Waals surface area contributed by atoms with Gasteiger partial charge in [0.05, 0.1) is 28.9 Å². The van der Waals surface area contributed by atoms with Crippen LogP contribution < -0.4 is 10.1 Å². The molecule has 1 aliphatic rings. The largest absolute Gasteiger partial charge is 0.497 e. The van der Waals surface area contributed by atoms with Crippen LogP contribution in [0.4, 0.5) is 5.82 Å². The lowest BCUT2D eigenvalue weighted by molar-refractivity contribution is 0.0789. The number of sulfone groups is 1. The molecule has 0 radical (unpaired) electrons. The van der Waals surface area contributed by atoms with E-state index in [4.69, 9.17) is 4.74 Å². The molecule has 0 saturated carbocycles. The summed E-state index contributed by atoms with van der Waals surface area (Å²) in [5, 5.41) is 4.11. The van der Waals surface area contributed by atoms with Crippen LogP contribution in [-0.4, -0.2) is 61.4 Å². The van der Waals surface area contributed by atoms with Crippen molar-refractivity contribution in [1.82, 2.24) is 14.9 Å². The van der Waals surface area contributed by atoms with Gasteiger partial charge in [-0.2, -0.15) is 0 Å².